The van der Waals surface area contributed by atoms with Gasteiger partial charge in [-0.2, -0.15) is 0 Å². The molecule has 96 valence electrons. The van der Waals surface area contributed by atoms with Crippen molar-refractivity contribution < 1.29 is 14.7 Å². The number of carboxylic acids is 1. The van der Waals surface area contributed by atoms with E-state index in [2.05, 4.69) is 5.32 Å². The Kier molecular flexibility index (Phi) is 3.62. The minimum absolute atomic E-state index is 0.0152. The van der Waals surface area contributed by atoms with Crippen LogP contribution in [0.5, 0.6) is 0 Å². The number of rotatable bonds is 3. The van der Waals surface area contributed by atoms with Crippen LogP contribution in [-0.4, -0.2) is 36.6 Å². The Morgan fingerprint density at radius 2 is 2.28 bits per heavy atom. The van der Waals surface area contributed by atoms with E-state index in [9.17, 15) is 9.59 Å². The van der Waals surface area contributed by atoms with Gasteiger partial charge in [0.2, 0.25) is 5.91 Å². The van der Waals surface area contributed by atoms with Crippen molar-refractivity contribution >= 4 is 17.6 Å². The van der Waals surface area contributed by atoms with Crippen molar-refractivity contribution in [2.24, 2.45) is 0 Å². The average molecular weight is 248 g/mol. The van der Waals surface area contributed by atoms with Gasteiger partial charge < -0.3 is 15.3 Å². The molecule has 1 aromatic carbocycles. The molecule has 1 aliphatic rings. The fourth-order valence-corrected chi connectivity index (χ4v) is 1.98. The van der Waals surface area contributed by atoms with Crippen LogP contribution < -0.4 is 10.2 Å². The Morgan fingerprint density at radius 1 is 1.50 bits per heavy atom. The summed E-state index contributed by atoms with van der Waals surface area (Å²) in [4.78, 5) is 24.4. The first kappa shape index (κ1) is 12.6. The molecule has 1 amide bonds. The summed E-state index contributed by atoms with van der Waals surface area (Å²) in [6.07, 6.45) is 0. The summed E-state index contributed by atoms with van der Waals surface area (Å²) >= 11 is 0. The molecule has 0 aromatic heterocycles. The maximum Gasteiger partial charge on any atom is 0.310 e. The Balaban J connectivity index is 2.26. The molecule has 1 fully saturated rings. The van der Waals surface area contributed by atoms with Crippen LogP contribution in [-0.2, 0) is 9.59 Å². The number of hydrogen-bond donors (Lipinski definition) is 2. The van der Waals surface area contributed by atoms with Crippen molar-refractivity contribution in [2.75, 3.05) is 24.5 Å². The molecule has 1 saturated heterocycles. The quantitative estimate of drug-likeness (QED) is 0.830. The van der Waals surface area contributed by atoms with Crippen LogP contribution in [0.15, 0.2) is 24.3 Å². The normalized spacial score (nSPS) is 17.6. The van der Waals surface area contributed by atoms with Crippen LogP contribution in [0, 0.1) is 0 Å². The summed E-state index contributed by atoms with van der Waals surface area (Å²) in [5, 5.41) is 12.0. The van der Waals surface area contributed by atoms with Gasteiger partial charge in [0.25, 0.3) is 0 Å². The SMILES string of the molecule is CC(C(=O)O)c1cccc(N2CCNCC2=O)c1. The predicted molar refractivity (Wildman–Crippen MR) is 67.7 cm³/mol. The molecule has 1 heterocycles. The molecule has 0 aliphatic carbocycles. The van der Waals surface area contributed by atoms with Gasteiger partial charge in [-0.05, 0) is 24.6 Å². The lowest BCUT2D eigenvalue weighted by Crippen LogP contribution is -2.48. The summed E-state index contributed by atoms with van der Waals surface area (Å²) in [7, 11) is 0. The molecule has 1 aromatic rings. The van der Waals surface area contributed by atoms with Gasteiger partial charge in [0.1, 0.15) is 0 Å². The molecule has 2 rings (SSSR count). The second kappa shape index (κ2) is 5.18. The van der Waals surface area contributed by atoms with Gasteiger partial charge in [-0.15, -0.1) is 0 Å². The monoisotopic (exact) mass is 248 g/mol. The van der Waals surface area contributed by atoms with Crippen LogP contribution in [0.2, 0.25) is 0 Å². The number of amides is 1. The molecule has 1 atom stereocenters. The van der Waals surface area contributed by atoms with Gasteiger partial charge in [-0.25, -0.2) is 0 Å². The van der Waals surface area contributed by atoms with Crippen LogP contribution in [0.3, 0.4) is 0 Å². The van der Waals surface area contributed by atoms with E-state index in [0.29, 0.717) is 18.7 Å². The van der Waals surface area contributed by atoms with Gasteiger partial charge in [0.05, 0.1) is 12.5 Å². The minimum Gasteiger partial charge on any atom is -0.481 e. The molecule has 0 spiro atoms. The Morgan fingerprint density at radius 3 is 2.94 bits per heavy atom. The number of anilines is 1. The lowest BCUT2D eigenvalue weighted by molar-refractivity contribution is -0.138. The maximum atomic E-state index is 11.8. The Bertz CT molecular complexity index is 473. The topological polar surface area (TPSA) is 69.6 Å². The fraction of sp³-hybridized carbons (Fsp3) is 0.385. The van der Waals surface area contributed by atoms with Crippen LogP contribution in [0.4, 0.5) is 5.69 Å². The number of nitrogens with zero attached hydrogens (tertiary/aromatic N) is 1. The van der Waals surface area contributed by atoms with E-state index < -0.39 is 11.9 Å². The number of nitrogens with one attached hydrogen (secondary N) is 1. The predicted octanol–water partition coefficient (Wildman–Crippen LogP) is 0.811. The third-order valence-corrected chi connectivity index (χ3v) is 3.14. The molecule has 1 unspecified atom stereocenters. The zero-order valence-corrected chi connectivity index (χ0v) is 10.2. The first-order valence-corrected chi connectivity index (χ1v) is 5.93. The lowest BCUT2D eigenvalue weighted by Gasteiger charge is -2.28. The largest absolute Gasteiger partial charge is 0.481 e. The van der Waals surface area contributed by atoms with E-state index in [0.717, 1.165) is 12.2 Å². The van der Waals surface area contributed by atoms with Gasteiger partial charge in [0.15, 0.2) is 0 Å². The summed E-state index contributed by atoms with van der Waals surface area (Å²) in [6.45, 7) is 3.34. The molecular formula is C13H16N2O3. The number of benzene rings is 1. The Labute approximate surface area is 105 Å². The van der Waals surface area contributed by atoms with Gasteiger partial charge >= 0.3 is 5.97 Å². The highest BCUT2D eigenvalue weighted by atomic mass is 16.4. The highest BCUT2D eigenvalue weighted by Crippen LogP contribution is 2.22. The molecule has 5 heteroatoms. The van der Waals surface area contributed by atoms with Crippen molar-refractivity contribution in [2.45, 2.75) is 12.8 Å². The number of carbonyl (C=O) groups excluding carboxylic acids is 1. The lowest BCUT2D eigenvalue weighted by atomic mass is 10.0. The van der Waals surface area contributed by atoms with E-state index >= 15 is 0 Å². The van der Waals surface area contributed by atoms with Gasteiger partial charge in [-0.3, -0.25) is 9.59 Å². The van der Waals surface area contributed by atoms with Crippen molar-refractivity contribution in [3.05, 3.63) is 29.8 Å². The molecular weight excluding hydrogens is 232 g/mol. The highest BCUT2D eigenvalue weighted by molar-refractivity contribution is 5.95. The Hall–Kier alpha value is -1.88. The molecule has 18 heavy (non-hydrogen) atoms. The summed E-state index contributed by atoms with van der Waals surface area (Å²) in [6, 6.07) is 7.18. The molecule has 0 radical (unpaired) electrons. The van der Waals surface area contributed by atoms with Gasteiger partial charge in [-0.1, -0.05) is 12.1 Å². The maximum absolute atomic E-state index is 11.8. The van der Waals surface area contributed by atoms with Crippen molar-refractivity contribution in [3.8, 4) is 0 Å². The van der Waals surface area contributed by atoms with Crippen LogP contribution in [0.25, 0.3) is 0 Å². The third-order valence-electron chi connectivity index (χ3n) is 3.14. The third kappa shape index (κ3) is 2.51. The van der Waals surface area contributed by atoms with E-state index in [-0.39, 0.29) is 5.91 Å². The van der Waals surface area contributed by atoms with Crippen molar-refractivity contribution in [1.29, 1.82) is 0 Å². The molecule has 1 aliphatic heterocycles. The number of carbonyl (C=O) groups is 2. The smallest absolute Gasteiger partial charge is 0.310 e. The molecule has 0 saturated carbocycles. The summed E-state index contributed by atoms with van der Waals surface area (Å²) in [5.74, 6) is -1.41. The number of piperazine rings is 1. The van der Waals surface area contributed by atoms with Crippen molar-refractivity contribution in [3.63, 3.8) is 0 Å². The second-order valence-corrected chi connectivity index (χ2v) is 4.38. The van der Waals surface area contributed by atoms with E-state index in [1.807, 2.05) is 6.07 Å². The second-order valence-electron chi connectivity index (χ2n) is 4.38. The van der Waals surface area contributed by atoms with Crippen LogP contribution >= 0.6 is 0 Å². The number of hydrogen-bond acceptors (Lipinski definition) is 3. The summed E-state index contributed by atoms with van der Waals surface area (Å²) in [5.41, 5.74) is 1.48. The number of carboxylic acid groups (broad SMARTS) is 1. The highest BCUT2D eigenvalue weighted by Gasteiger charge is 2.21. The molecule has 0 bridgehead atoms. The minimum atomic E-state index is -0.862. The zero-order valence-electron chi connectivity index (χ0n) is 10.2. The fourth-order valence-electron chi connectivity index (χ4n) is 1.98. The van der Waals surface area contributed by atoms with E-state index in [1.54, 1.807) is 30.0 Å². The zero-order chi connectivity index (χ0) is 13.1. The first-order valence-electron chi connectivity index (χ1n) is 5.93. The average Bonchev–Trinajstić information content (AvgIpc) is 2.38. The summed E-state index contributed by atoms with van der Waals surface area (Å²) < 4.78 is 0. The van der Waals surface area contributed by atoms with Crippen LogP contribution in [0.1, 0.15) is 18.4 Å². The standard InChI is InChI=1S/C13H16N2O3/c1-9(13(17)18)10-3-2-4-11(7-10)15-6-5-14-8-12(15)16/h2-4,7,9,14H,5-6,8H2,1H3,(H,17,18). The van der Waals surface area contributed by atoms with E-state index in [1.165, 1.54) is 0 Å². The van der Waals surface area contributed by atoms with Crippen molar-refractivity contribution in [1.82, 2.24) is 5.32 Å². The molecule has 2 N–H and O–H groups in total. The van der Waals surface area contributed by atoms with E-state index in [4.69, 9.17) is 5.11 Å². The molecule has 5 nitrogen and oxygen atoms in total. The number of aliphatic carboxylic acids is 1. The van der Waals surface area contributed by atoms with Gasteiger partial charge in [0, 0.05) is 18.8 Å². The first-order chi connectivity index (χ1) is 8.59.